The molecule has 45 heavy (non-hydrogen) atoms. The van der Waals surface area contributed by atoms with Gasteiger partial charge in [0.1, 0.15) is 36.6 Å². The number of phenolic OH excluding ortho intramolecular Hbond substituents is 5. The van der Waals surface area contributed by atoms with Crippen molar-refractivity contribution in [2.75, 3.05) is 13.2 Å². The summed E-state index contributed by atoms with van der Waals surface area (Å²) in [6.45, 7) is 0.388. The van der Waals surface area contributed by atoms with E-state index in [1.807, 2.05) is 0 Å². The van der Waals surface area contributed by atoms with Gasteiger partial charge in [0.05, 0.1) is 19.3 Å². The van der Waals surface area contributed by atoms with Crippen LogP contribution in [0.1, 0.15) is 18.1 Å². The van der Waals surface area contributed by atoms with Gasteiger partial charge in [-0.2, -0.15) is 0 Å². The molecule has 0 bridgehead atoms. The van der Waals surface area contributed by atoms with Crippen molar-refractivity contribution in [1.29, 1.82) is 0 Å². The summed E-state index contributed by atoms with van der Waals surface area (Å²) in [4.78, 5) is 12.8. The number of hydrogen-bond donors (Lipinski definition) is 10. The predicted molar refractivity (Wildman–Crippen MR) is 149 cm³/mol. The van der Waals surface area contributed by atoms with E-state index in [9.17, 15) is 55.9 Å². The molecule has 0 radical (unpaired) electrons. The van der Waals surface area contributed by atoms with Crippen LogP contribution < -0.4 is 0 Å². The van der Waals surface area contributed by atoms with E-state index in [0.717, 1.165) is 12.1 Å². The molecule has 16 nitrogen and oxygen atoms in total. The van der Waals surface area contributed by atoms with E-state index in [1.165, 1.54) is 37.3 Å². The van der Waals surface area contributed by atoms with Crippen molar-refractivity contribution in [3.05, 3.63) is 47.5 Å². The Morgan fingerprint density at radius 1 is 0.822 bits per heavy atom. The lowest BCUT2D eigenvalue weighted by atomic mass is 9.97. The number of rotatable bonds is 10. The Labute approximate surface area is 256 Å². The molecule has 2 saturated heterocycles. The molecule has 16 heteroatoms. The molecular formula is C29H36O16. The standard InChI is InChI=1S/C29H36O16/c1-12-20(35)23(38)24(39)29(42-12)45-27-25(40)28(41-9-8-14-4-6-16(32)22(37)21(14)36)43-18(11-30)26(27)44-19(34)7-3-13-2-5-15(31)17(33)10-13/h2-7,10,12,18,20,23-33,35-40H,8-9,11H2,1H3/t12-,18+,20-,23+,24+,25+,26+,27+,28+,29+/m0/s1. The molecule has 10 N–H and O–H groups in total. The van der Waals surface area contributed by atoms with E-state index in [1.54, 1.807) is 0 Å². The summed E-state index contributed by atoms with van der Waals surface area (Å²) in [5, 5.41) is 101. The van der Waals surface area contributed by atoms with Crippen LogP contribution in [0.4, 0.5) is 0 Å². The highest BCUT2D eigenvalue weighted by Gasteiger charge is 2.52. The Morgan fingerprint density at radius 2 is 1.53 bits per heavy atom. The van der Waals surface area contributed by atoms with Crippen LogP contribution in [0.2, 0.25) is 0 Å². The summed E-state index contributed by atoms with van der Waals surface area (Å²) in [6, 6.07) is 6.27. The van der Waals surface area contributed by atoms with Crippen molar-refractivity contribution >= 4 is 12.0 Å². The zero-order valence-electron chi connectivity index (χ0n) is 23.9. The average Bonchev–Trinajstić information content (AvgIpc) is 3.01. The molecule has 0 aromatic heterocycles. The van der Waals surface area contributed by atoms with E-state index < -0.39 is 97.0 Å². The zero-order chi connectivity index (χ0) is 33.0. The quantitative estimate of drug-likeness (QED) is 0.0820. The number of benzene rings is 2. The molecule has 4 rings (SSSR count). The summed E-state index contributed by atoms with van der Waals surface area (Å²) in [6.07, 6.45) is -13.3. The third-order valence-corrected chi connectivity index (χ3v) is 7.42. The van der Waals surface area contributed by atoms with Gasteiger partial charge in [-0.25, -0.2) is 4.79 Å². The topological polar surface area (TPSA) is 266 Å². The van der Waals surface area contributed by atoms with E-state index in [2.05, 4.69) is 0 Å². The molecule has 0 unspecified atom stereocenters. The minimum Gasteiger partial charge on any atom is -0.504 e. The first-order valence-electron chi connectivity index (χ1n) is 13.9. The van der Waals surface area contributed by atoms with E-state index in [0.29, 0.717) is 5.56 Å². The Morgan fingerprint density at radius 3 is 2.22 bits per heavy atom. The van der Waals surface area contributed by atoms with Crippen LogP contribution in [0.3, 0.4) is 0 Å². The van der Waals surface area contributed by atoms with E-state index >= 15 is 0 Å². The predicted octanol–water partition coefficient (Wildman–Crippen LogP) is -1.31. The van der Waals surface area contributed by atoms with Crippen LogP contribution in [0.5, 0.6) is 28.7 Å². The SMILES string of the molecule is C[C@@H]1O[C@H](O[C@@H]2[C@@H](O)[C@H](OCCc3ccc(O)c(O)c3O)O[C@H](CO)[C@H]2OC(=O)C=Cc2ccc(O)c(O)c2)[C@H](O)[C@H](O)[C@H]1O. The van der Waals surface area contributed by atoms with Crippen LogP contribution in [0.15, 0.2) is 36.4 Å². The van der Waals surface area contributed by atoms with Crippen LogP contribution >= 0.6 is 0 Å². The van der Waals surface area contributed by atoms with Gasteiger partial charge >= 0.3 is 5.97 Å². The second-order valence-electron chi connectivity index (χ2n) is 10.5. The van der Waals surface area contributed by atoms with Crippen molar-refractivity contribution in [1.82, 2.24) is 0 Å². The number of esters is 1. The molecule has 2 heterocycles. The Kier molecular flexibility index (Phi) is 11.1. The highest BCUT2D eigenvalue weighted by molar-refractivity contribution is 5.87. The second-order valence-corrected chi connectivity index (χ2v) is 10.5. The van der Waals surface area contributed by atoms with Gasteiger partial charge in [0.15, 0.2) is 41.7 Å². The fourth-order valence-electron chi connectivity index (χ4n) is 4.84. The van der Waals surface area contributed by atoms with Crippen molar-refractivity contribution in [3.8, 4) is 28.7 Å². The Balaban J connectivity index is 1.53. The smallest absolute Gasteiger partial charge is 0.331 e. The van der Waals surface area contributed by atoms with Gasteiger partial charge in [0, 0.05) is 11.6 Å². The summed E-state index contributed by atoms with van der Waals surface area (Å²) in [5.74, 6) is -3.67. The first kappa shape index (κ1) is 34.2. The molecule has 248 valence electrons. The van der Waals surface area contributed by atoms with Gasteiger partial charge in [0.2, 0.25) is 5.75 Å². The molecule has 2 aromatic rings. The molecule has 0 spiro atoms. The largest absolute Gasteiger partial charge is 0.504 e. The van der Waals surface area contributed by atoms with Crippen molar-refractivity contribution in [2.24, 2.45) is 0 Å². The fraction of sp³-hybridized carbons (Fsp3) is 0.483. The Hall–Kier alpha value is -3.71. The highest BCUT2D eigenvalue weighted by Crippen LogP contribution is 2.37. The Bertz CT molecular complexity index is 1350. The number of aliphatic hydroxyl groups excluding tert-OH is 5. The fourth-order valence-corrected chi connectivity index (χ4v) is 4.84. The number of hydrogen-bond acceptors (Lipinski definition) is 16. The molecule has 10 atom stereocenters. The van der Waals surface area contributed by atoms with Gasteiger partial charge in [0.25, 0.3) is 0 Å². The number of carbonyl (C=O) groups is 1. The number of aromatic hydroxyl groups is 5. The maximum absolute atomic E-state index is 12.8. The second kappa shape index (κ2) is 14.6. The molecule has 2 aliphatic heterocycles. The first-order valence-corrected chi connectivity index (χ1v) is 13.9. The van der Waals surface area contributed by atoms with Crippen molar-refractivity contribution in [2.45, 2.75) is 74.8 Å². The third kappa shape index (κ3) is 7.75. The van der Waals surface area contributed by atoms with Gasteiger partial charge in [-0.15, -0.1) is 0 Å². The minimum atomic E-state index is -1.80. The number of ether oxygens (including phenoxy) is 5. The van der Waals surface area contributed by atoms with Crippen LogP contribution in [-0.4, -0.2) is 132 Å². The molecular weight excluding hydrogens is 604 g/mol. The van der Waals surface area contributed by atoms with Gasteiger partial charge in [-0.3, -0.25) is 0 Å². The lowest BCUT2D eigenvalue weighted by Gasteiger charge is -2.46. The summed E-state index contributed by atoms with van der Waals surface area (Å²) >= 11 is 0. The van der Waals surface area contributed by atoms with Crippen molar-refractivity contribution < 1.29 is 79.5 Å². The summed E-state index contributed by atoms with van der Waals surface area (Å²) < 4.78 is 28.0. The molecule has 0 aliphatic carbocycles. The number of aliphatic hydroxyl groups is 5. The minimum absolute atomic E-state index is 0.0381. The van der Waals surface area contributed by atoms with Gasteiger partial charge in [-0.1, -0.05) is 12.1 Å². The molecule has 2 aromatic carbocycles. The first-order chi connectivity index (χ1) is 21.3. The lowest BCUT2D eigenvalue weighted by molar-refractivity contribution is -0.357. The average molecular weight is 641 g/mol. The highest BCUT2D eigenvalue weighted by atomic mass is 16.7. The number of phenols is 5. The lowest BCUT2D eigenvalue weighted by Crippen LogP contribution is -2.65. The third-order valence-electron chi connectivity index (χ3n) is 7.42. The molecule has 0 amide bonds. The molecule has 0 saturated carbocycles. The zero-order valence-corrected chi connectivity index (χ0v) is 23.9. The van der Waals surface area contributed by atoms with E-state index in [-0.39, 0.29) is 24.3 Å². The molecule has 2 fully saturated rings. The summed E-state index contributed by atoms with van der Waals surface area (Å²) in [5.41, 5.74) is 0.498. The normalized spacial score (nSPS) is 32.0. The van der Waals surface area contributed by atoms with Crippen LogP contribution in [0, 0.1) is 0 Å². The maximum Gasteiger partial charge on any atom is 0.331 e. The van der Waals surface area contributed by atoms with E-state index in [4.69, 9.17) is 23.7 Å². The van der Waals surface area contributed by atoms with Gasteiger partial charge < -0.3 is 74.7 Å². The van der Waals surface area contributed by atoms with Crippen molar-refractivity contribution in [3.63, 3.8) is 0 Å². The molecule has 2 aliphatic rings. The monoisotopic (exact) mass is 640 g/mol. The van der Waals surface area contributed by atoms with Crippen LogP contribution in [0.25, 0.3) is 6.08 Å². The number of carbonyl (C=O) groups excluding carboxylic acids is 1. The maximum atomic E-state index is 12.8. The summed E-state index contributed by atoms with van der Waals surface area (Å²) in [7, 11) is 0. The van der Waals surface area contributed by atoms with Crippen LogP contribution in [-0.2, 0) is 34.9 Å². The van der Waals surface area contributed by atoms with Gasteiger partial charge in [-0.05, 0) is 43.2 Å².